The number of hydrogen-bond acceptors (Lipinski definition) is 2. The number of nitrogens with one attached hydrogen (secondary N) is 1. The highest BCUT2D eigenvalue weighted by molar-refractivity contribution is 5.97. The predicted octanol–water partition coefficient (Wildman–Crippen LogP) is 4.97. The van der Waals surface area contributed by atoms with Crippen molar-refractivity contribution in [2.24, 2.45) is 0 Å². The van der Waals surface area contributed by atoms with Crippen LogP contribution in [0.4, 0.5) is 26.3 Å². The molecule has 4 nitrogen and oxygen atoms in total. The average Bonchev–Trinajstić information content (AvgIpc) is 3.05. The van der Waals surface area contributed by atoms with Crippen LogP contribution < -0.4 is 5.32 Å². The van der Waals surface area contributed by atoms with E-state index in [0.29, 0.717) is 12.8 Å². The van der Waals surface area contributed by atoms with E-state index in [1.165, 1.54) is 30.3 Å². The van der Waals surface area contributed by atoms with Crippen LogP contribution in [0.1, 0.15) is 53.8 Å². The van der Waals surface area contributed by atoms with E-state index in [1.54, 1.807) is 0 Å². The first-order valence-electron chi connectivity index (χ1n) is 8.72. The molecule has 1 aliphatic rings. The number of aromatic nitrogens is 2. The van der Waals surface area contributed by atoms with Crippen LogP contribution in [0.15, 0.2) is 30.3 Å². The third-order valence-electron chi connectivity index (χ3n) is 4.59. The molecule has 3 rings (SSSR count). The van der Waals surface area contributed by atoms with E-state index >= 15 is 0 Å². The van der Waals surface area contributed by atoms with Gasteiger partial charge in [0, 0.05) is 6.04 Å². The van der Waals surface area contributed by atoms with Crippen molar-refractivity contribution in [3.8, 4) is 5.69 Å². The lowest BCUT2D eigenvalue weighted by Gasteiger charge is -2.23. The van der Waals surface area contributed by atoms with Gasteiger partial charge >= 0.3 is 12.4 Å². The molecule has 1 aliphatic carbocycles. The molecule has 1 N–H and O–H groups in total. The Morgan fingerprint density at radius 1 is 0.964 bits per heavy atom. The van der Waals surface area contributed by atoms with Crippen LogP contribution in [0.5, 0.6) is 0 Å². The molecule has 0 aliphatic heterocycles. The van der Waals surface area contributed by atoms with E-state index < -0.39 is 41.3 Å². The summed E-state index contributed by atoms with van der Waals surface area (Å²) in [4.78, 5) is 12.5. The predicted molar refractivity (Wildman–Crippen MR) is 87.9 cm³/mol. The minimum Gasteiger partial charge on any atom is -0.349 e. The Kier molecular flexibility index (Phi) is 5.40. The van der Waals surface area contributed by atoms with Crippen molar-refractivity contribution in [2.75, 3.05) is 0 Å². The molecule has 0 saturated heterocycles. The number of halogens is 6. The van der Waals surface area contributed by atoms with Gasteiger partial charge < -0.3 is 5.32 Å². The highest BCUT2D eigenvalue weighted by Gasteiger charge is 2.49. The van der Waals surface area contributed by atoms with Gasteiger partial charge in [-0.2, -0.15) is 31.4 Å². The standard InChI is InChI=1S/C18H17F6N3O/c19-17(20,21)14-13(16(28)25-11-7-3-1-4-8-11)15(18(22,23)24)27(26-14)12-9-5-2-6-10-12/h2,5-6,9-11H,1,3-4,7-8H2,(H,25,28). The van der Waals surface area contributed by atoms with Gasteiger partial charge in [-0.05, 0) is 25.0 Å². The van der Waals surface area contributed by atoms with E-state index in [4.69, 9.17) is 0 Å². The SMILES string of the molecule is O=C(NC1CCCCC1)c1c(C(F)(F)F)nn(-c2ccccc2)c1C(F)(F)F. The van der Waals surface area contributed by atoms with Crippen molar-refractivity contribution in [1.29, 1.82) is 0 Å². The van der Waals surface area contributed by atoms with Gasteiger partial charge in [0.25, 0.3) is 5.91 Å². The van der Waals surface area contributed by atoms with Crippen molar-refractivity contribution < 1.29 is 31.1 Å². The van der Waals surface area contributed by atoms with Crippen molar-refractivity contribution >= 4 is 5.91 Å². The second kappa shape index (κ2) is 7.48. The first-order valence-corrected chi connectivity index (χ1v) is 8.72. The molecule has 0 radical (unpaired) electrons. The number of alkyl halides is 6. The maximum atomic E-state index is 13.7. The van der Waals surface area contributed by atoms with Crippen molar-refractivity contribution in [3.05, 3.63) is 47.3 Å². The summed E-state index contributed by atoms with van der Waals surface area (Å²) < 4.78 is 81.7. The Balaban J connectivity index is 2.15. The second-order valence-electron chi connectivity index (χ2n) is 6.62. The Morgan fingerprint density at radius 2 is 1.57 bits per heavy atom. The molecule has 1 heterocycles. The van der Waals surface area contributed by atoms with Crippen molar-refractivity contribution in [1.82, 2.24) is 15.1 Å². The van der Waals surface area contributed by atoms with Gasteiger partial charge in [-0.25, -0.2) is 4.68 Å². The van der Waals surface area contributed by atoms with Crippen LogP contribution in [-0.4, -0.2) is 21.7 Å². The van der Waals surface area contributed by atoms with Gasteiger partial charge in [0.2, 0.25) is 0 Å². The minimum atomic E-state index is -5.22. The van der Waals surface area contributed by atoms with E-state index in [9.17, 15) is 31.1 Å². The van der Waals surface area contributed by atoms with E-state index in [1.807, 2.05) is 0 Å². The zero-order valence-electron chi connectivity index (χ0n) is 14.6. The molecule has 10 heteroatoms. The fraction of sp³-hybridized carbons (Fsp3) is 0.444. The molecule has 1 saturated carbocycles. The number of hydrogen-bond donors (Lipinski definition) is 1. The van der Waals surface area contributed by atoms with Crippen LogP contribution in [0.2, 0.25) is 0 Å². The fourth-order valence-electron chi connectivity index (χ4n) is 3.35. The zero-order valence-corrected chi connectivity index (χ0v) is 14.6. The fourth-order valence-corrected chi connectivity index (χ4v) is 3.35. The summed E-state index contributed by atoms with van der Waals surface area (Å²) in [6.45, 7) is 0. The zero-order chi connectivity index (χ0) is 20.5. The quantitative estimate of drug-likeness (QED) is 0.733. The summed E-state index contributed by atoms with van der Waals surface area (Å²) in [6.07, 6.45) is -6.98. The van der Waals surface area contributed by atoms with Crippen molar-refractivity contribution in [2.45, 2.75) is 50.5 Å². The summed E-state index contributed by atoms with van der Waals surface area (Å²) in [5.41, 5.74) is -5.30. The Labute approximate surface area is 156 Å². The normalized spacial score (nSPS) is 16.2. The molecule has 2 aromatic rings. The Bertz CT molecular complexity index is 835. The molecular formula is C18H17F6N3O. The summed E-state index contributed by atoms with van der Waals surface area (Å²) in [5, 5.41) is 5.48. The first kappa shape index (κ1) is 20.2. The molecule has 0 spiro atoms. The first-order chi connectivity index (χ1) is 13.1. The Hall–Kier alpha value is -2.52. The third kappa shape index (κ3) is 4.15. The molecule has 0 bridgehead atoms. The summed E-state index contributed by atoms with van der Waals surface area (Å²) in [5.74, 6) is -1.41. The lowest BCUT2D eigenvalue weighted by Crippen LogP contribution is -2.38. The lowest BCUT2D eigenvalue weighted by atomic mass is 9.95. The molecule has 0 atom stereocenters. The summed E-state index contributed by atoms with van der Waals surface area (Å²) in [6, 6.07) is 6.15. The van der Waals surface area contributed by atoms with Crippen LogP contribution >= 0.6 is 0 Å². The molecule has 1 fully saturated rings. The Morgan fingerprint density at radius 3 is 2.11 bits per heavy atom. The van der Waals surface area contributed by atoms with Crippen LogP contribution in [0.25, 0.3) is 5.69 Å². The van der Waals surface area contributed by atoms with E-state index in [0.717, 1.165) is 19.3 Å². The second-order valence-corrected chi connectivity index (χ2v) is 6.62. The monoisotopic (exact) mass is 405 g/mol. The number of carbonyl (C=O) groups excluding carboxylic acids is 1. The van der Waals surface area contributed by atoms with Crippen LogP contribution in [-0.2, 0) is 12.4 Å². The van der Waals surface area contributed by atoms with Crippen LogP contribution in [0, 0.1) is 0 Å². The number of para-hydroxylation sites is 1. The molecule has 1 aromatic carbocycles. The van der Waals surface area contributed by atoms with Gasteiger partial charge in [0.1, 0.15) is 5.56 Å². The molecular weight excluding hydrogens is 388 g/mol. The van der Waals surface area contributed by atoms with Gasteiger partial charge in [-0.1, -0.05) is 37.5 Å². The summed E-state index contributed by atoms with van der Waals surface area (Å²) in [7, 11) is 0. The maximum absolute atomic E-state index is 13.7. The topological polar surface area (TPSA) is 46.9 Å². The number of nitrogens with zero attached hydrogens (tertiary/aromatic N) is 2. The van der Waals surface area contributed by atoms with Gasteiger partial charge in [-0.3, -0.25) is 4.79 Å². The van der Waals surface area contributed by atoms with E-state index in [-0.39, 0.29) is 10.4 Å². The van der Waals surface area contributed by atoms with Gasteiger partial charge in [-0.15, -0.1) is 0 Å². The minimum absolute atomic E-state index is 0.138. The molecule has 1 aromatic heterocycles. The molecule has 28 heavy (non-hydrogen) atoms. The molecule has 0 unspecified atom stereocenters. The molecule has 1 amide bonds. The average molecular weight is 405 g/mol. The van der Waals surface area contributed by atoms with E-state index in [2.05, 4.69) is 10.4 Å². The van der Waals surface area contributed by atoms with Gasteiger partial charge in [0.15, 0.2) is 11.4 Å². The largest absolute Gasteiger partial charge is 0.436 e. The number of carbonyl (C=O) groups is 1. The van der Waals surface area contributed by atoms with Crippen LogP contribution in [0.3, 0.4) is 0 Å². The smallest absolute Gasteiger partial charge is 0.349 e. The van der Waals surface area contributed by atoms with Crippen molar-refractivity contribution in [3.63, 3.8) is 0 Å². The molecule has 152 valence electrons. The third-order valence-corrected chi connectivity index (χ3v) is 4.59. The van der Waals surface area contributed by atoms with Gasteiger partial charge in [0.05, 0.1) is 5.69 Å². The highest BCUT2D eigenvalue weighted by Crippen LogP contribution is 2.40. The number of amides is 1. The summed E-state index contributed by atoms with van der Waals surface area (Å²) >= 11 is 0. The maximum Gasteiger partial charge on any atom is 0.436 e. The lowest BCUT2D eigenvalue weighted by molar-refractivity contribution is -0.144. The highest BCUT2D eigenvalue weighted by atomic mass is 19.4. The number of rotatable bonds is 3. The number of benzene rings is 1.